The first-order valence-corrected chi connectivity index (χ1v) is 7.11. The number of halogens is 2. The van der Waals surface area contributed by atoms with Gasteiger partial charge in [0, 0.05) is 29.6 Å². The van der Waals surface area contributed by atoms with Crippen molar-refractivity contribution < 1.29 is 12.6 Å². The first-order chi connectivity index (χ1) is 8.50. The van der Waals surface area contributed by atoms with E-state index >= 15 is 0 Å². The van der Waals surface area contributed by atoms with Crippen LogP contribution in [0.15, 0.2) is 53.4 Å². The van der Waals surface area contributed by atoms with E-state index in [0.717, 1.165) is 0 Å². The largest absolute Gasteiger partial charge is 0.377 e. The predicted molar refractivity (Wildman–Crippen MR) is 76.5 cm³/mol. The van der Waals surface area contributed by atoms with Crippen molar-refractivity contribution in [3.05, 3.63) is 58.6 Å². The van der Waals surface area contributed by atoms with Crippen molar-refractivity contribution in [3.63, 3.8) is 0 Å². The van der Waals surface area contributed by atoms with Gasteiger partial charge in [0.1, 0.15) is 9.92 Å². The maximum atomic E-state index is 11.9. The molecule has 7 heteroatoms. The van der Waals surface area contributed by atoms with E-state index in [2.05, 4.69) is 0 Å². The zero-order valence-electron chi connectivity index (χ0n) is 10.0. The minimum atomic E-state index is -3.90. The summed E-state index contributed by atoms with van der Waals surface area (Å²) in [7, 11) is -3.90. The average molecular weight is 326 g/mol. The summed E-state index contributed by atoms with van der Waals surface area (Å²) in [5.74, 6) is 0.00743. The molecule has 0 atom stereocenters. The molecule has 0 fully saturated rings. The molecule has 0 saturated carbocycles. The molecule has 3 nitrogen and oxygen atoms in total. The molecular formula is C12H8Cl2NaO3S. The summed E-state index contributed by atoms with van der Waals surface area (Å²) >= 11 is 11.6. The molecule has 2 aromatic carbocycles. The van der Waals surface area contributed by atoms with Crippen LogP contribution in [0.4, 0.5) is 0 Å². The van der Waals surface area contributed by atoms with Gasteiger partial charge >= 0.3 is 10.1 Å². The van der Waals surface area contributed by atoms with Crippen LogP contribution in [0.2, 0.25) is 10.0 Å². The molecular weight excluding hydrogens is 318 g/mol. The first-order valence-electron chi connectivity index (χ1n) is 4.94. The van der Waals surface area contributed by atoms with Crippen LogP contribution in [0.1, 0.15) is 0 Å². The topological polar surface area (TPSA) is 43.4 Å². The second kappa shape index (κ2) is 6.97. The predicted octanol–water partition coefficient (Wildman–Crippen LogP) is 3.38. The van der Waals surface area contributed by atoms with E-state index in [0.29, 0.717) is 0 Å². The SMILES string of the molecule is O=S(=O)(Oc1cccc(Cl)c1Cl)c1ccccc1.[Na]. The summed E-state index contributed by atoms with van der Waals surface area (Å²) in [5.41, 5.74) is 0. The average Bonchev–Trinajstić information content (AvgIpc) is 2.36. The monoisotopic (exact) mass is 325 g/mol. The van der Waals surface area contributed by atoms with Crippen LogP contribution in [0, 0.1) is 0 Å². The maximum absolute atomic E-state index is 11.9. The van der Waals surface area contributed by atoms with Crippen LogP contribution < -0.4 is 4.18 Å². The van der Waals surface area contributed by atoms with Crippen LogP contribution in [0.3, 0.4) is 0 Å². The first kappa shape index (κ1) is 16.8. The molecule has 0 aliphatic heterocycles. The van der Waals surface area contributed by atoms with Gasteiger partial charge in [-0.25, -0.2) is 0 Å². The molecule has 0 aliphatic carbocycles. The summed E-state index contributed by atoms with van der Waals surface area (Å²) in [4.78, 5) is 0.0565. The molecule has 2 aromatic rings. The number of hydrogen-bond donors (Lipinski definition) is 0. The summed E-state index contributed by atoms with van der Waals surface area (Å²) in [6.45, 7) is 0. The van der Waals surface area contributed by atoms with Crippen LogP contribution in [-0.2, 0) is 10.1 Å². The Morgan fingerprint density at radius 1 is 0.895 bits per heavy atom. The molecule has 0 amide bonds. The zero-order chi connectivity index (χ0) is 13.2. The van der Waals surface area contributed by atoms with E-state index in [1.807, 2.05) is 0 Å². The van der Waals surface area contributed by atoms with E-state index < -0.39 is 10.1 Å². The maximum Gasteiger partial charge on any atom is 0.339 e. The molecule has 0 N–H and O–H groups in total. The normalized spacial score (nSPS) is 10.6. The molecule has 0 aromatic heterocycles. The minimum Gasteiger partial charge on any atom is -0.377 e. The molecule has 2 rings (SSSR count). The Labute approximate surface area is 143 Å². The number of benzene rings is 2. The van der Waals surface area contributed by atoms with E-state index in [1.165, 1.54) is 18.2 Å². The van der Waals surface area contributed by atoms with Gasteiger partial charge < -0.3 is 4.18 Å². The fourth-order valence-electron chi connectivity index (χ4n) is 1.30. The van der Waals surface area contributed by atoms with E-state index in [-0.39, 0.29) is 50.2 Å². The van der Waals surface area contributed by atoms with Crippen molar-refractivity contribution in [1.29, 1.82) is 0 Å². The fraction of sp³-hybridized carbons (Fsp3) is 0. The Hall–Kier alpha value is -0.230. The van der Waals surface area contributed by atoms with Crippen molar-refractivity contribution in [2.45, 2.75) is 4.90 Å². The Balaban J connectivity index is 0.00000180. The van der Waals surface area contributed by atoms with Gasteiger partial charge in [-0.2, -0.15) is 8.42 Å². The van der Waals surface area contributed by atoms with Gasteiger partial charge in [0.05, 0.1) is 5.02 Å². The Morgan fingerprint density at radius 3 is 2.16 bits per heavy atom. The van der Waals surface area contributed by atoms with Gasteiger partial charge in [-0.3, -0.25) is 0 Å². The molecule has 0 bridgehead atoms. The van der Waals surface area contributed by atoms with Crippen molar-refractivity contribution in [1.82, 2.24) is 0 Å². The molecule has 0 spiro atoms. The molecule has 0 aliphatic rings. The van der Waals surface area contributed by atoms with Gasteiger partial charge in [0.2, 0.25) is 0 Å². The third kappa shape index (κ3) is 4.12. The van der Waals surface area contributed by atoms with Crippen LogP contribution in [0.5, 0.6) is 5.75 Å². The van der Waals surface area contributed by atoms with Crippen LogP contribution >= 0.6 is 23.2 Å². The third-order valence-electron chi connectivity index (χ3n) is 2.15. The van der Waals surface area contributed by atoms with Gasteiger partial charge in [-0.05, 0) is 24.3 Å². The van der Waals surface area contributed by atoms with E-state index in [1.54, 1.807) is 30.3 Å². The van der Waals surface area contributed by atoms with Crippen molar-refractivity contribution >= 4 is 62.9 Å². The standard InChI is InChI=1S/C12H8Cl2O3S.Na/c13-10-7-4-8-11(12(10)14)17-18(15,16)9-5-2-1-3-6-9;/h1-8H;. The van der Waals surface area contributed by atoms with Crippen LogP contribution in [0.25, 0.3) is 0 Å². The smallest absolute Gasteiger partial charge is 0.339 e. The second-order valence-electron chi connectivity index (χ2n) is 3.40. The molecule has 1 radical (unpaired) electrons. The number of hydrogen-bond acceptors (Lipinski definition) is 3. The fourth-order valence-corrected chi connectivity index (χ4v) is 2.64. The van der Waals surface area contributed by atoms with Crippen molar-refractivity contribution in [3.8, 4) is 5.75 Å². The van der Waals surface area contributed by atoms with Crippen molar-refractivity contribution in [2.75, 3.05) is 0 Å². The second-order valence-corrected chi connectivity index (χ2v) is 5.73. The number of rotatable bonds is 3. The molecule has 19 heavy (non-hydrogen) atoms. The van der Waals surface area contributed by atoms with Crippen molar-refractivity contribution in [2.24, 2.45) is 0 Å². The van der Waals surface area contributed by atoms with Gasteiger partial charge in [0.25, 0.3) is 0 Å². The van der Waals surface area contributed by atoms with Crippen LogP contribution in [-0.4, -0.2) is 38.0 Å². The molecule has 0 heterocycles. The summed E-state index contributed by atoms with van der Waals surface area (Å²) < 4.78 is 28.8. The molecule has 0 unspecified atom stereocenters. The zero-order valence-corrected chi connectivity index (χ0v) is 14.3. The quantitative estimate of drug-likeness (QED) is 0.641. The Kier molecular flexibility index (Phi) is 6.17. The Morgan fingerprint density at radius 2 is 1.53 bits per heavy atom. The van der Waals surface area contributed by atoms with E-state index in [4.69, 9.17) is 27.4 Å². The van der Waals surface area contributed by atoms with Gasteiger partial charge in [-0.1, -0.05) is 47.5 Å². The summed E-state index contributed by atoms with van der Waals surface area (Å²) in [6.07, 6.45) is 0. The molecule has 0 saturated heterocycles. The Bertz CT molecular complexity index is 660. The minimum absolute atomic E-state index is 0. The van der Waals surface area contributed by atoms with E-state index in [9.17, 15) is 8.42 Å². The van der Waals surface area contributed by atoms with Gasteiger partial charge in [0.15, 0.2) is 5.75 Å². The summed E-state index contributed by atoms with van der Waals surface area (Å²) in [5, 5.41) is 0.302. The summed E-state index contributed by atoms with van der Waals surface area (Å²) in [6, 6.07) is 12.4. The third-order valence-corrected chi connectivity index (χ3v) is 4.20. The molecule has 95 valence electrons. The van der Waals surface area contributed by atoms with Gasteiger partial charge in [-0.15, -0.1) is 0 Å².